The molecular weight excluding hydrogens is 266 g/mol. The molecule has 0 spiro atoms. The van der Waals surface area contributed by atoms with E-state index in [4.69, 9.17) is 17.3 Å². The molecule has 0 unspecified atom stereocenters. The van der Waals surface area contributed by atoms with Gasteiger partial charge in [0.25, 0.3) is 5.91 Å². The fourth-order valence-corrected chi connectivity index (χ4v) is 2.43. The fraction of sp³-hybridized carbons (Fsp3) is 0.462. The lowest BCUT2D eigenvalue weighted by molar-refractivity contribution is 0.0950. The van der Waals surface area contributed by atoms with E-state index in [0.29, 0.717) is 12.1 Å². The van der Waals surface area contributed by atoms with Gasteiger partial charge >= 0.3 is 0 Å². The smallest absolute Gasteiger partial charge is 0.252 e. The molecule has 1 aliphatic rings. The summed E-state index contributed by atoms with van der Waals surface area (Å²) in [6.07, 6.45) is 2.46. The largest absolute Gasteiger partial charge is 0.506 e. The number of nitrogen functional groups attached to an aromatic ring is 1. The molecule has 5 nitrogen and oxygen atoms in total. The van der Waals surface area contributed by atoms with Gasteiger partial charge in [0.1, 0.15) is 5.75 Å². The van der Waals surface area contributed by atoms with Crippen LogP contribution in [0.15, 0.2) is 12.1 Å². The first kappa shape index (κ1) is 14.0. The Balaban J connectivity index is 1.90. The standard InChI is InChI=1S/C13H18ClN3O2/c14-11-9(3-4-10(18)12(11)15)13(19)16-5-8-17-6-1-2-7-17/h3-4,18H,1-2,5-8,15H2,(H,16,19). The van der Waals surface area contributed by atoms with Crippen LogP contribution in [0.5, 0.6) is 5.75 Å². The first-order valence-electron chi connectivity index (χ1n) is 6.37. The van der Waals surface area contributed by atoms with Crippen LogP contribution in [0.25, 0.3) is 0 Å². The van der Waals surface area contributed by atoms with Crippen molar-refractivity contribution < 1.29 is 9.90 Å². The quantitative estimate of drug-likeness (QED) is 0.577. The van der Waals surface area contributed by atoms with Crippen LogP contribution in [-0.2, 0) is 0 Å². The molecule has 0 aliphatic carbocycles. The Kier molecular flexibility index (Phi) is 4.50. The number of halogens is 1. The van der Waals surface area contributed by atoms with Gasteiger partial charge in [0.05, 0.1) is 16.3 Å². The number of likely N-dealkylation sites (tertiary alicyclic amines) is 1. The van der Waals surface area contributed by atoms with Gasteiger partial charge in [-0.15, -0.1) is 0 Å². The number of aromatic hydroxyl groups is 1. The van der Waals surface area contributed by atoms with Crippen LogP contribution < -0.4 is 11.1 Å². The van der Waals surface area contributed by atoms with Gasteiger partial charge in [-0.25, -0.2) is 0 Å². The number of nitrogens with two attached hydrogens (primary N) is 1. The van der Waals surface area contributed by atoms with Gasteiger partial charge in [-0.1, -0.05) is 11.6 Å². The third-order valence-electron chi connectivity index (χ3n) is 3.31. The van der Waals surface area contributed by atoms with E-state index >= 15 is 0 Å². The molecule has 104 valence electrons. The topological polar surface area (TPSA) is 78.6 Å². The molecule has 0 radical (unpaired) electrons. The van der Waals surface area contributed by atoms with E-state index in [9.17, 15) is 9.90 Å². The van der Waals surface area contributed by atoms with Crippen LogP contribution in [-0.4, -0.2) is 42.1 Å². The zero-order valence-electron chi connectivity index (χ0n) is 10.7. The number of nitrogens with one attached hydrogen (secondary N) is 1. The van der Waals surface area contributed by atoms with Crippen molar-refractivity contribution in [3.63, 3.8) is 0 Å². The lowest BCUT2D eigenvalue weighted by Crippen LogP contribution is -2.33. The van der Waals surface area contributed by atoms with Crippen LogP contribution in [0.2, 0.25) is 5.02 Å². The van der Waals surface area contributed by atoms with E-state index in [0.717, 1.165) is 19.6 Å². The Morgan fingerprint density at radius 1 is 1.42 bits per heavy atom. The normalized spacial score (nSPS) is 15.6. The highest BCUT2D eigenvalue weighted by molar-refractivity contribution is 6.36. The Morgan fingerprint density at radius 3 is 2.79 bits per heavy atom. The van der Waals surface area contributed by atoms with Crippen LogP contribution in [0.4, 0.5) is 5.69 Å². The molecule has 0 bridgehead atoms. The summed E-state index contributed by atoms with van der Waals surface area (Å²) in [5.74, 6) is -0.380. The maximum absolute atomic E-state index is 12.0. The molecule has 2 rings (SSSR count). The molecule has 19 heavy (non-hydrogen) atoms. The zero-order valence-corrected chi connectivity index (χ0v) is 11.4. The first-order valence-corrected chi connectivity index (χ1v) is 6.75. The van der Waals surface area contributed by atoms with E-state index in [1.165, 1.54) is 25.0 Å². The predicted octanol–water partition coefficient (Wildman–Crippen LogP) is 1.45. The second-order valence-corrected chi connectivity index (χ2v) is 5.04. The summed E-state index contributed by atoms with van der Waals surface area (Å²) >= 11 is 5.94. The molecule has 1 heterocycles. The SMILES string of the molecule is Nc1c(O)ccc(C(=O)NCCN2CCCC2)c1Cl. The Bertz CT molecular complexity index is 473. The van der Waals surface area contributed by atoms with Crippen molar-refractivity contribution in [1.82, 2.24) is 10.2 Å². The average molecular weight is 284 g/mol. The summed E-state index contributed by atoms with van der Waals surface area (Å²) in [5.41, 5.74) is 5.90. The van der Waals surface area contributed by atoms with Crippen molar-refractivity contribution in [3.05, 3.63) is 22.7 Å². The molecule has 0 atom stereocenters. The fourth-order valence-electron chi connectivity index (χ4n) is 2.19. The number of phenolic OH excluding ortho intramolecular Hbond substituents is 1. The highest BCUT2D eigenvalue weighted by Crippen LogP contribution is 2.31. The maximum Gasteiger partial charge on any atom is 0.252 e. The van der Waals surface area contributed by atoms with E-state index in [-0.39, 0.29) is 22.4 Å². The van der Waals surface area contributed by atoms with Crippen LogP contribution >= 0.6 is 11.6 Å². The van der Waals surface area contributed by atoms with E-state index in [2.05, 4.69) is 10.2 Å². The summed E-state index contributed by atoms with van der Waals surface area (Å²) < 4.78 is 0. The Hall–Kier alpha value is -1.46. The molecule has 6 heteroatoms. The minimum atomic E-state index is -0.268. The molecule has 1 aliphatic heterocycles. The number of nitrogens with zero attached hydrogens (tertiary/aromatic N) is 1. The number of anilines is 1. The van der Waals surface area contributed by atoms with Gasteiger partial charge in [0, 0.05) is 13.1 Å². The van der Waals surface area contributed by atoms with Gasteiger partial charge in [-0.05, 0) is 38.1 Å². The van der Waals surface area contributed by atoms with E-state index < -0.39 is 0 Å². The number of carbonyl (C=O) groups excluding carboxylic acids is 1. The number of phenols is 1. The number of carbonyl (C=O) groups is 1. The van der Waals surface area contributed by atoms with Gasteiger partial charge in [-0.3, -0.25) is 4.79 Å². The third kappa shape index (κ3) is 3.30. The van der Waals surface area contributed by atoms with Crippen LogP contribution in [0.1, 0.15) is 23.2 Å². The van der Waals surface area contributed by atoms with E-state index in [1.807, 2.05) is 0 Å². The van der Waals surface area contributed by atoms with Crippen LogP contribution in [0, 0.1) is 0 Å². The summed E-state index contributed by atoms with van der Waals surface area (Å²) in [6, 6.07) is 2.84. The van der Waals surface area contributed by atoms with Gasteiger partial charge in [0.15, 0.2) is 0 Å². The Labute approximate surface area is 117 Å². The minimum Gasteiger partial charge on any atom is -0.506 e. The van der Waals surface area contributed by atoms with Crippen molar-refractivity contribution in [2.75, 3.05) is 31.9 Å². The third-order valence-corrected chi connectivity index (χ3v) is 3.72. The van der Waals surface area contributed by atoms with Gasteiger partial charge in [-0.2, -0.15) is 0 Å². The number of hydrogen-bond donors (Lipinski definition) is 3. The molecule has 1 fully saturated rings. The number of benzene rings is 1. The van der Waals surface area contributed by atoms with Gasteiger partial charge < -0.3 is 21.1 Å². The van der Waals surface area contributed by atoms with Crippen molar-refractivity contribution in [2.24, 2.45) is 0 Å². The highest BCUT2D eigenvalue weighted by atomic mass is 35.5. The second kappa shape index (κ2) is 6.12. The first-order chi connectivity index (χ1) is 9.09. The van der Waals surface area contributed by atoms with Crippen molar-refractivity contribution >= 4 is 23.2 Å². The van der Waals surface area contributed by atoms with Crippen LogP contribution in [0.3, 0.4) is 0 Å². The minimum absolute atomic E-state index is 0.0360. The molecule has 1 aromatic rings. The zero-order chi connectivity index (χ0) is 13.8. The molecule has 4 N–H and O–H groups in total. The molecule has 1 amide bonds. The lowest BCUT2D eigenvalue weighted by Gasteiger charge is -2.15. The average Bonchev–Trinajstić information content (AvgIpc) is 2.89. The van der Waals surface area contributed by atoms with Crippen molar-refractivity contribution in [2.45, 2.75) is 12.8 Å². The lowest BCUT2D eigenvalue weighted by atomic mass is 10.1. The Morgan fingerprint density at radius 2 is 2.11 bits per heavy atom. The maximum atomic E-state index is 12.0. The van der Waals surface area contributed by atoms with Crippen molar-refractivity contribution in [1.29, 1.82) is 0 Å². The summed E-state index contributed by atoms with van der Waals surface area (Å²) in [6.45, 7) is 3.62. The predicted molar refractivity (Wildman–Crippen MR) is 75.5 cm³/mol. The van der Waals surface area contributed by atoms with E-state index in [1.54, 1.807) is 0 Å². The number of amides is 1. The summed E-state index contributed by atoms with van der Waals surface area (Å²) in [4.78, 5) is 14.3. The number of rotatable bonds is 4. The molecule has 1 saturated heterocycles. The molecular formula is C13H18ClN3O2. The van der Waals surface area contributed by atoms with Crippen molar-refractivity contribution in [3.8, 4) is 5.75 Å². The molecule has 0 aromatic heterocycles. The molecule has 1 aromatic carbocycles. The number of hydrogen-bond acceptors (Lipinski definition) is 4. The summed E-state index contributed by atoms with van der Waals surface area (Å²) in [5, 5.41) is 12.3. The monoisotopic (exact) mass is 283 g/mol. The van der Waals surface area contributed by atoms with Gasteiger partial charge in [0.2, 0.25) is 0 Å². The highest BCUT2D eigenvalue weighted by Gasteiger charge is 2.15. The second-order valence-electron chi connectivity index (χ2n) is 4.66. The molecule has 0 saturated carbocycles. The summed E-state index contributed by atoms with van der Waals surface area (Å²) in [7, 11) is 0.